The van der Waals surface area contributed by atoms with Gasteiger partial charge in [-0.3, -0.25) is 20.2 Å². The van der Waals surface area contributed by atoms with Crippen molar-refractivity contribution in [3.8, 4) is 11.5 Å². The second-order valence-corrected chi connectivity index (χ2v) is 5.44. The molecule has 11 heteroatoms. The molecule has 0 aliphatic carbocycles. The highest BCUT2D eigenvalue weighted by Crippen LogP contribution is 2.35. The fourth-order valence-corrected chi connectivity index (χ4v) is 2.09. The molecule has 2 N–H and O–H groups in total. The van der Waals surface area contributed by atoms with E-state index in [1.54, 1.807) is 6.92 Å². The maximum absolute atomic E-state index is 12.2. The summed E-state index contributed by atoms with van der Waals surface area (Å²) in [4.78, 5) is 45.8. The van der Waals surface area contributed by atoms with Crippen LogP contribution in [0.2, 0.25) is 0 Å². The molecule has 0 aromatic heterocycles. The van der Waals surface area contributed by atoms with E-state index >= 15 is 0 Å². The third-order valence-corrected chi connectivity index (χ3v) is 3.40. The summed E-state index contributed by atoms with van der Waals surface area (Å²) in [5.74, 6) is -1.80. The van der Waals surface area contributed by atoms with Crippen molar-refractivity contribution >= 4 is 23.6 Å². The Hall–Kier alpha value is -3.37. The lowest BCUT2D eigenvalue weighted by molar-refractivity contribution is -0.385. The van der Waals surface area contributed by atoms with Crippen LogP contribution >= 0.6 is 0 Å². The first-order valence-electron chi connectivity index (χ1n) is 8.58. The molecule has 3 amide bonds. The standard InChI is InChI=1S/C17H23N3O8/c1-4-6-7-18-17(23)19-15(21)10-28-16(22)11-8-13(26-3)14(27-5-2)9-12(11)20(24)25/h8-9H,4-7,10H2,1-3H3,(H2,18,19,21,23). The SMILES string of the molecule is CCCCNC(=O)NC(=O)COC(=O)c1cc(OC)c(OCC)cc1[N+](=O)[O-]. The normalized spacial score (nSPS) is 9.96. The highest BCUT2D eigenvalue weighted by atomic mass is 16.6. The van der Waals surface area contributed by atoms with Crippen LogP contribution in [0.4, 0.5) is 10.5 Å². The Labute approximate surface area is 161 Å². The summed E-state index contributed by atoms with van der Waals surface area (Å²) < 4.78 is 15.1. The predicted molar refractivity (Wildman–Crippen MR) is 97.5 cm³/mol. The molecule has 0 heterocycles. The van der Waals surface area contributed by atoms with Gasteiger partial charge < -0.3 is 19.5 Å². The number of nitrogens with one attached hydrogen (secondary N) is 2. The van der Waals surface area contributed by atoms with E-state index in [0.29, 0.717) is 6.54 Å². The van der Waals surface area contributed by atoms with E-state index in [-0.39, 0.29) is 18.1 Å². The lowest BCUT2D eigenvalue weighted by atomic mass is 10.1. The van der Waals surface area contributed by atoms with E-state index in [0.717, 1.165) is 25.0 Å². The average molecular weight is 397 g/mol. The number of nitro groups is 1. The van der Waals surface area contributed by atoms with Crippen molar-refractivity contribution in [1.82, 2.24) is 10.6 Å². The predicted octanol–water partition coefficient (Wildman–Crippen LogP) is 1.78. The number of hydrogen-bond donors (Lipinski definition) is 2. The molecule has 0 bridgehead atoms. The van der Waals surface area contributed by atoms with Gasteiger partial charge in [-0.1, -0.05) is 13.3 Å². The molecule has 1 aromatic rings. The third kappa shape index (κ3) is 6.74. The van der Waals surface area contributed by atoms with Crippen molar-refractivity contribution in [2.75, 3.05) is 26.9 Å². The smallest absolute Gasteiger partial charge is 0.345 e. The van der Waals surface area contributed by atoms with Crippen LogP contribution in [0.1, 0.15) is 37.0 Å². The van der Waals surface area contributed by atoms with Crippen LogP contribution in [0.5, 0.6) is 11.5 Å². The minimum absolute atomic E-state index is 0.0924. The zero-order valence-electron chi connectivity index (χ0n) is 15.9. The lowest BCUT2D eigenvalue weighted by Crippen LogP contribution is -2.41. The van der Waals surface area contributed by atoms with Gasteiger partial charge in [0.1, 0.15) is 5.56 Å². The van der Waals surface area contributed by atoms with Crippen molar-refractivity contribution in [2.24, 2.45) is 0 Å². The van der Waals surface area contributed by atoms with Crippen LogP contribution in [0.25, 0.3) is 0 Å². The zero-order chi connectivity index (χ0) is 21.1. The Bertz CT molecular complexity index is 735. The minimum atomic E-state index is -1.12. The maximum Gasteiger partial charge on any atom is 0.345 e. The number of unbranched alkanes of at least 4 members (excludes halogenated alkanes) is 1. The largest absolute Gasteiger partial charge is 0.493 e. The van der Waals surface area contributed by atoms with Gasteiger partial charge in [0.25, 0.3) is 11.6 Å². The van der Waals surface area contributed by atoms with Crippen LogP contribution in [0, 0.1) is 10.1 Å². The number of nitrogens with zero attached hydrogens (tertiary/aromatic N) is 1. The fraction of sp³-hybridized carbons (Fsp3) is 0.471. The van der Waals surface area contributed by atoms with Crippen LogP contribution in [0.3, 0.4) is 0 Å². The van der Waals surface area contributed by atoms with Crippen LogP contribution < -0.4 is 20.1 Å². The Morgan fingerprint density at radius 1 is 1.18 bits per heavy atom. The van der Waals surface area contributed by atoms with Crippen molar-refractivity contribution in [2.45, 2.75) is 26.7 Å². The topological polar surface area (TPSA) is 146 Å². The number of nitro benzene ring substituents is 1. The molecular formula is C17H23N3O8. The molecule has 0 unspecified atom stereocenters. The number of carbonyl (C=O) groups is 3. The zero-order valence-corrected chi connectivity index (χ0v) is 15.9. The molecule has 0 radical (unpaired) electrons. The first-order valence-corrected chi connectivity index (χ1v) is 8.58. The van der Waals surface area contributed by atoms with Crippen molar-refractivity contribution < 1.29 is 33.5 Å². The Morgan fingerprint density at radius 2 is 1.89 bits per heavy atom. The second kappa shape index (κ2) is 11.4. The van der Waals surface area contributed by atoms with Gasteiger partial charge in [-0.15, -0.1) is 0 Å². The van der Waals surface area contributed by atoms with E-state index < -0.39 is 40.7 Å². The monoisotopic (exact) mass is 397 g/mol. The van der Waals surface area contributed by atoms with Gasteiger partial charge >= 0.3 is 12.0 Å². The van der Waals surface area contributed by atoms with Crippen molar-refractivity contribution in [3.05, 3.63) is 27.8 Å². The number of benzene rings is 1. The molecule has 28 heavy (non-hydrogen) atoms. The van der Waals surface area contributed by atoms with E-state index in [9.17, 15) is 24.5 Å². The summed E-state index contributed by atoms with van der Waals surface area (Å²) in [6, 6.07) is 1.42. The van der Waals surface area contributed by atoms with E-state index in [1.165, 1.54) is 7.11 Å². The molecule has 154 valence electrons. The highest BCUT2D eigenvalue weighted by Gasteiger charge is 2.26. The van der Waals surface area contributed by atoms with Gasteiger partial charge in [0.2, 0.25) is 0 Å². The summed E-state index contributed by atoms with van der Waals surface area (Å²) in [6.45, 7) is 3.47. The molecule has 0 spiro atoms. The number of ether oxygens (including phenoxy) is 3. The third-order valence-electron chi connectivity index (χ3n) is 3.40. The fourth-order valence-electron chi connectivity index (χ4n) is 2.09. The van der Waals surface area contributed by atoms with Crippen molar-refractivity contribution in [3.63, 3.8) is 0 Å². The number of imide groups is 1. The van der Waals surface area contributed by atoms with Crippen LogP contribution in [0.15, 0.2) is 12.1 Å². The van der Waals surface area contributed by atoms with E-state index in [4.69, 9.17) is 14.2 Å². The molecule has 0 aliphatic heterocycles. The summed E-state index contributed by atoms with van der Waals surface area (Å²) in [6.07, 6.45) is 1.62. The molecule has 11 nitrogen and oxygen atoms in total. The molecule has 0 fully saturated rings. The van der Waals surface area contributed by atoms with Gasteiger partial charge in [-0.2, -0.15) is 0 Å². The minimum Gasteiger partial charge on any atom is -0.493 e. The molecule has 0 atom stereocenters. The highest BCUT2D eigenvalue weighted by molar-refractivity contribution is 5.98. The summed E-state index contributed by atoms with van der Waals surface area (Å²) in [5.41, 5.74) is -0.975. The molecule has 1 rings (SSSR count). The summed E-state index contributed by atoms with van der Waals surface area (Å²) >= 11 is 0. The molecule has 0 saturated carbocycles. The molecule has 0 aliphatic rings. The van der Waals surface area contributed by atoms with Gasteiger partial charge in [0.05, 0.1) is 24.7 Å². The van der Waals surface area contributed by atoms with Gasteiger partial charge in [-0.05, 0) is 13.3 Å². The number of hydrogen-bond acceptors (Lipinski definition) is 8. The number of rotatable bonds is 10. The Morgan fingerprint density at radius 3 is 2.46 bits per heavy atom. The van der Waals surface area contributed by atoms with Gasteiger partial charge in [0.15, 0.2) is 18.1 Å². The Balaban J connectivity index is 2.81. The molecular weight excluding hydrogens is 374 g/mol. The summed E-state index contributed by atoms with van der Waals surface area (Å²) in [7, 11) is 1.31. The number of methoxy groups -OCH3 is 1. The maximum atomic E-state index is 12.2. The number of urea groups is 1. The van der Waals surface area contributed by atoms with Crippen molar-refractivity contribution in [1.29, 1.82) is 0 Å². The molecule has 1 aromatic carbocycles. The first kappa shape index (κ1) is 22.7. The number of amides is 3. The van der Waals surface area contributed by atoms with E-state index in [2.05, 4.69) is 5.32 Å². The molecule has 0 saturated heterocycles. The number of esters is 1. The van der Waals surface area contributed by atoms with Crippen LogP contribution in [-0.4, -0.2) is 49.7 Å². The van der Waals surface area contributed by atoms with Gasteiger partial charge in [0, 0.05) is 12.6 Å². The average Bonchev–Trinajstić information content (AvgIpc) is 2.66. The quantitative estimate of drug-likeness (QED) is 0.263. The van der Waals surface area contributed by atoms with Gasteiger partial charge in [-0.25, -0.2) is 9.59 Å². The number of carbonyl (C=O) groups excluding carboxylic acids is 3. The second-order valence-electron chi connectivity index (χ2n) is 5.44. The Kier molecular flexibility index (Phi) is 9.20. The lowest BCUT2D eigenvalue weighted by Gasteiger charge is -2.11. The van der Waals surface area contributed by atoms with Crippen LogP contribution in [-0.2, 0) is 9.53 Å². The summed E-state index contributed by atoms with van der Waals surface area (Å²) in [5, 5.41) is 15.7. The van der Waals surface area contributed by atoms with E-state index in [1.807, 2.05) is 12.2 Å². The first-order chi connectivity index (χ1) is 13.3.